The van der Waals surface area contributed by atoms with Gasteiger partial charge >= 0.3 is 0 Å². The highest BCUT2D eigenvalue weighted by molar-refractivity contribution is 6.12. The predicted octanol–water partition coefficient (Wildman–Crippen LogP) is 4.67. The van der Waals surface area contributed by atoms with Gasteiger partial charge in [0.15, 0.2) is 0 Å². The van der Waals surface area contributed by atoms with Crippen molar-refractivity contribution in [3.8, 4) is 0 Å². The van der Waals surface area contributed by atoms with Crippen LogP contribution in [0.25, 0.3) is 0 Å². The molecular formula is C24H23N3O2. The molecule has 0 N–H and O–H groups in total. The van der Waals surface area contributed by atoms with E-state index in [-0.39, 0.29) is 11.8 Å². The summed E-state index contributed by atoms with van der Waals surface area (Å²) in [6.07, 6.45) is 9.65. The first kappa shape index (κ1) is 17.9. The Hall–Kier alpha value is -3.21. The van der Waals surface area contributed by atoms with Crippen LogP contribution < -0.4 is 4.90 Å². The van der Waals surface area contributed by atoms with Crippen LogP contribution in [0.15, 0.2) is 73.3 Å². The molecule has 1 aliphatic heterocycles. The van der Waals surface area contributed by atoms with Gasteiger partial charge in [-0.25, -0.2) is 4.98 Å². The average Bonchev–Trinajstić information content (AvgIpc) is 3.30. The molecule has 0 radical (unpaired) electrons. The van der Waals surface area contributed by atoms with Gasteiger partial charge in [-0.3, -0.25) is 14.2 Å². The van der Waals surface area contributed by atoms with Crippen LogP contribution in [0.4, 0.5) is 5.69 Å². The smallest absolute Gasteiger partial charge is 0.259 e. The number of para-hydroxylation sites is 1. The summed E-state index contributed by atoms with van der Waals surface area (Å²) in [6.45, 7) is 0. The van der Waals surface area contributed by atoms with Crippen LogP contribution in [0.3, 0.4) is 0 Å². The van der Waals surface area contributed by atoms with E-state index in [0.29, 0.717) is 5.56 Å². The van der Waals surface area contributed by atoms with E-state index in [4.69, 9.17) is 0 Å². The zero-order chi connectivity index (χ0) is 19.8. The first-order valence-corrected chi connectivity index (χ1v) is 10.2. The molecule has 1 aromatic heterocycles. The molecule has 29 heavy (non-hydrogen) atoms. The van der Waals surface area contributed by atoms with Crippen molar-refractivity contribution in [3.63, 3.8) is 0 Å². The van der Waals surface area contributed by atoms with Crippen molar-refractivity contribution in [1.29, 1.82) is 0 Å². The second-order valence-corrected chi connectivity index (χ2v) is 7.97. The summed E-state index contributed by atoms with van der Waals surface area (Å²) < 4.78 is 1.57. The Bertz CT molecular complexity index is 1040. The molecule has 1 spiro atoms. The van der Waals surface area contributed by atoms with Gasteiger partial charge in [-0.1, -0.05) is 55.7 Å². The number of amides is 1. The maximum absolute atomic E-state index is 13.8. The molecule has 1 aliphatic carbocycles. The number of rotatable bonds is 2. The molecular weight excluding hydrogens is 362 g/mol. The number of benzene rings is 2. The molecule has 0 saturated heterocycles. The zero-order valence-electron chi connectivity index (χ0n) is 16.2. The summed E-state index contributed by atoms with van der Waals surface area (Å²) in [7, 11) is 0. The van der Waals surface area contributed by atoms with E-state index in [1.54, 1.807) is 23.3 Å². The van der Waals surface area contributed by atoms with Crippen molar-refractivity contribution in [1.82, 2.24) is 9.55 Å². The highest BCUT2D eigenvalue weighted by Crippen LogP contribution is 2.51. The summed E-state index contributed by atoms with van der Waals surface area (Å²) in [5.41, 5.74) is 1.75. The molecule has 2 aliphatic rings. The first-order chi connectivity index (χ1) is 14.2. The van der Waals surface area contributed by atoms with Gasteiger partial charge in [0.1, 0.15) is 6.33 Å². The van der Waals surface area contributed by atoms with Crippen LogP contribution in [0, 0.1) is 0 Å². The van der Waals surface area contributed by atoms with Crippen molar-refractivity contribution < 1.29 is 9.59 Å². The average molecular weight is 385 g/mol. The van der Waals surface area contributed by atoms with E-state index in [1.165, 1.54) is 0 Å². The summed E-state index contributed by atoms with van der Waals surface area (Å²) in [6, 6.07) is 17.4. The highest BCUT2D eigenvalue weighted by atomic mass is 16.2. The van der Waals surface area contributed by atoms with Crippen LogP contribution >= 0.6 is 0 Å². The predicted molar refractivity (Wildman–Crippen MR) is 111 cm³/mol. The molecule has 3 aromatic rings. The normalized spacial score (nSPS) is 20.5. The largest absolute Gasteiger partial charge is 0.301 e. The Morgan fingerprint density at radius 1 is 0.966 bits per heavy atom. The van der Waals surface area contributed by atoms with E-state index < -0.39 is 11.5 Å². The fourth-order valence-electron chi connectivity index (χ4n) is 5.21. The molecule has 2 heterocycles. The van der Waals surface area contributed by atoms with Gasteiger partial charge in [0.2, 0.25) is 5.91 Å². The number of imidazole rings is 1. The standard InChI is InChI=1S/C24H23N3O2/c28-22-20-12-6-5-11-19(20)21(23(29)26-16-15-25-17-26)24(13-7-2-8-14-24)27(22)18-9-3-1-4-10-18/h1,3-6,9-12,15-17,21H,2,7-8,13-14H2. The maximum atomic E-state index is 13.8. The fraction of sp³-hybridized carbons (Fsp3) is 0.292. The number of carbonyl (C=O) groups is 2. The second-order valence-electron chi connectivity index (χ2n) is 7.97. The Balaban J connectivity index is 1.77. The quantitative estimate of drug-likeness (QED) is 0.644. The van der Waals surface area contributed by atoms with Crippen molar-refractivity contribution in [2.24, 2.45) is 0 Å². The van der Waals surface area contributed by atoms with E-state index in [9.17, 15) is 9.59 Å². The lowest BCUT2D eigenvalue weighted by Crippen LogP contribution is -2.62. The molecule has 1 saturated carbocycles. The third-order valence-corrected chi connectivity index (χ3v) is 6.43. The molecule has 5 heteroatoms. The summed E-state index contributed by atoms with van der Waals surface area (Å²) >= 11 is 0. The molecule has 5 rings (SSSR count). The van der Waals surface area contributed by atoms with E-state index in [2.05, 4.69) is 4.98 Å². The third kappa shape index (κ3) is 2.72. The second kappa shape index (κ2) is 6.99. The van der Waals surface area contributed by atoms with Crippen LogP contribution in [0.5, 0.6) is 0 Å². The van der Waals surface area contributed by atoms with Crippen LogP contribution in [0.1, 0.15) is 58.7 Å². The van der Waals surface area contributed by atoms with Crippen molar-refractivity contribution >= 4 is 17.5 Å². The number of hydrogen-bond donors (Lipinski definition) is 0. The van der Waals surface area contributed by atoms with Crippen LogP contribution in [-0.4, -0.2) is 26.9 Å². The number of nitrogens with zero attached hydrogens (tertiary/aromatic N) is 3. The molecule has 5 nitrogen and oxygen atoms in total. The van der Waals surface area contributed by atoms with Gasteiger partial charge in [-0.05, 0) is 36.6 Å². The van der Waals surface area contributed by atoms with E-state index in [0.717, 1.165) is 43.4 Å². The number of hydrogen-bond acceptors (Lipinski definition) is 3. The molecule has 146 valence electrons. The SMILES string of the molecule is O=C1c2ccccc2C(C(=O)n2ccnc2)C2(CCCCC2)N1c1ccccc1. The highest BCUT2D eigenvalue weighted by Gasteiger charge is 2.55. The van der Waals surface area contributed by atoms with Gasteiger partial charge < -0.3 is 4.90 Å². The van der Waals surface area contributed by atoms with Crippen LogP contribution in [0.2, 0.25) is 0 Å². The minimum absolute atomic E-state index is 0.0108. The fourth-order valence-corrected chi connectivity index (χ4v) is 5.21. The van der Waals surface area contributed by atoms with Crippen molar-refractivity contribution in [3.05, 3.63) is 84.4 Å². The molecule has 1 fully saturated rings. The Morgan fingerprint density at radius 3 is 2.41 bits per heavy atom. The summed E-state index contributed by atoms with van der Waals surface area (Å²) in [5.74, 6) is -0.459. The number of anilines is 1. The Labute approximate surface area is 170 Å². The molecule has 1 amide bonds. The Morgan fingerprint density at radius 2 is 1.69 bits per heavy atom. The lowest BCUT2D eigenvalue weighted by molar-refractivity contribution is 0.0743. The molecule has 2 aromatic carbocycles. The summed E-state index contributed by atoms with van der Waals surface area (Å²) in [4.78, 5) is 33.5. The number of carbonyl (C=O) groups excluding carboxylic acids is 2. The first-order valence-electron chi connectivity index (χ1n) is 10.2. The third-order valence-electron chi connectivity index (χ3n) is 6.43. The van der Waals surface area contributed by atoms with E-state index in [1.807, 2.05) is 59.5 Å². The van der Waals surface area contributed by atoms with Gasteiger partial charge in [0.25, 0.3) is 5.91 Å². The lowest BCUT2D eigenvalue weighted by atomic mass is 9.65. The Kier molecular flexibility index (Phi) is 4.31. The number of fused-ring (bicyclic) bond motifs is 1. The summed E-state index contributed by atoms with van der Waals surface area (Å²) in [5, 5.41) is 0. The van der Waals surface area contributed by atoms with E-state index >= 15 is 0 Å². The van der Waals surface area contributed by atoms with Gasteiger partial charge in [-0.2, -0.15) is 0 Å². The van der Waals surface area contributed by atoms with Crippen molar-refractivity contribution in [2.75, 3.05) is 4.90 Å². The minimum atomic E-state index is -0.563. The van der Waals surface area contributed by atoms with Gasteiger partial charge in [0, 0.05) is 23.6 Å². The number of aromatic nitrogens is 2. The van der Waals surface area contributed by atoms with Crippen LogP contribution in [-0.2, 0) is 0 Å². The maximum Gasteiger partial charge on any atom is 0.259 e. The van der Waals surface area contributed by atoms with Gasteiger partial charge in [-0.15, -0.1) is 0 Å². The molecule has 1 unspecified atom stereocenters. The van der Waals surface area contributed by atoms with Gasteiger partial charge in [0.05, 0.1) is 11.5 Å². The molecule has 0 bridgehead atoms. The van der Waals surface area contributed by atoms with Crippen molar-refractivity contribution in [2.45, 2.75) is 43.6 Å². The molecule has 1 atom stereocenters. The lowest BCUT2D eigenvalue weighted by Gasteiger charge is -2.53. The minimum Gasteiger partial charge on any atom is -0.301 e. The topological polar surface area (TPSA) is 55.2 Å². The monoisotopic (exact) mass is 385 g/mol. The zero-order valence-corrected chi connectivity index (χ0v) is 16.2.